The molecule has 2 aliphatic rings. The molecule has 0 spiro atoms. The van der Waals surface area contributed by atoms with E-state index in [0.29, 0.717) is 29.8 Å². The van der Waals surface area contributed by atoms with Gasteiger partial charge >= 0.3 is 6.18 Å². The molecular formula is C29H30F3N5OS. The fraction of sp³-hybridized carbons (Fsp3) is 0.310. The summed E-state index contributed by atoms with van der Waals surface area (Å²) in [7, 11) is 0. The van der Waals surface area contributed by atoms with Crippen LogP contribution in [0.2, 0.25) is 0 Å². The number of hydrogen-bond acceptors (Lipinski definition) is 7. The van der Waals surface area contributed by atoms with E-state index in [4.69, 9.17) is 5.41 Å². The number of ketones is 1. The number of aromatic nitrogens is 2. The second-order valence-corrected chi connectivity index (χ2v) is 10.1. The highest BCUT2D eigenvalue weighted by Crippen LogP contribution is 2.46. The van der Waals surface area contributed by atoms with Crippen LogP contribution in [0.4, 0.5) is 13.2 Å². The van der Waals surface area contributed by atoms with E-state index in [2.05, 4.69) is 39.7 Å². The minimum absolute atomic E-state index is 0.0122. The molecule has 3 N–H and O–H groups in total. The molecule has 39 heavy (non-hydrogen) atoms. The van der Waals surface area contributed by atoms with Crippen LogP contribution in [0.1, 0.15) is 54.4 Å². The number of rotatable bonds is 10. The number of carbonyl (C=O) groups excluding carboxylic acids is 1. The zero-order valence-corrected chi connectivity index (χ0v) is 22.4. The number of allylic oxidation sites excluding steroid dienone is 6. The quantitative estimate of drug-likeness (QED) is 0.160. The van der Waals surface area contributed by atoms with E-state index in [1.807, 2.05) is 18.2 Å². The molecule has 0 bridgehead atoms. The average Bonchev–Trinajstić information content (AvgIpc) is 2.93. The molecule has 204 valence electrons. The lowest BCUT2D eigenvalue weighted by atomic mass is 9.63. The first-order chi connectivity index (χ1) is 18.7. The van der Waals surface area contributed by atoms with Gasteiger partial charge in [0.1, 0.15) is 11.4 Å². The molecule has 0 radical (unpaired) electrons. The molecule has 4 rings (SSSR count). The molecule has 2 heterocycles. The van der Waals surface area contributed by atoms with Crippen molar-refractivity contribution in [1.82, 2.24) is 20.0 Å². The normalized spacial score (nSPS) is 19.7. The van der Waals surface area contributed by atoms with Crippen LogP contribution in [0.3, 0.4) is 0 Å². The van der Waals surface area contributed by atoms with Crippen LogP contribution in [-0.4, -0.2) is 28.5 Å². The first kappa shape index (κ1) is 28.5. The van der Waals surface area contributed by atoms with Gasteiger partial charge in [-0.15, -0.1) is 0 Å². The van der Waals surface area contributed by atoms with Gasteiger partial charge in [-0.3, -0.25) is 19.5 Å². The van der Waals surface area contributed by atoms with Crippen molar-refractivity contribution in [2.45, 2.75) is 45.2 Å². The summed E-state index contributed by atoms with van der Waals surface area (Å²) in [5, 5.41) is 11.6. The Morgan fingerprint density at radius 2 is 2.00 bits per heavy atom. The second kappa shape index (κ2) is 12.1. The maximum absolute atomic E-state index is 14.3. The van der Waals surface area contributed by atoms with Gasteiger partial charge in [-0.1, -0.05) is 36.1 Å². The molecular weight excluding hydrogens is 523 g/mol. The largest absolute Gasteiger partial charge is 0.433 e. The smallest absolute Gasteiger partial charge is 0.359 e. The number of hydrogen-bond donors (Lipinski definition) is 4. The summed E-state index contributed by atoms with van der Waals surface area (Å²) in [6.45, 7) is 2.49. The van der Waals surface area contributed by atoms with E-state index in [9.17, 15) is 18.0 Å². The molecule has 10 heteroatoms. The molecule has 0 aliphatic heterocycles. The standard InChI is InChI=1S/C29H30F3N5OS/c1-19-5-7-23(8-6-19)37-25-15-22(10-13-36-39)28(17-21(25)18-33,27(38)24-4-2-3-11-34-24)16-20-9-12-35-26(14-20)29(30,31)32/h2-5,7,9,11-12,14-15,18,33,36-37,39H,6,8,10,13,16-17H2,1H3. The topological polar surface area (TPSA) is 90.8 Å². The van der Waals surface area contributed by atoms with Crippen molar-refractivity contribution in [2.24, 2.45) is 5.41 Å². The highest BCUT2D eigenvalue weighted by atomic mass is 32.1. The number of nitrogens with zero attached hydrogens (tertiary/aromatic N) is 2. The molecule has 0 aromatic carbocycles. The minimum Gasteiger partial charge on any atom is -0.359 e. The Balaban J connectivity index is 1.84. The van der Waals surface area contributed by atoms with Crippen molar-refractivity contribution in [1.29, 1.82) is 5.41 Å². The monoisotopic (exact) mass is 553 g/mol. The Kier molecular flexibility index (Phi) is 8.87. The summed E-state index contributed by atoms with van der Waals surface area (Å²) in [6, 6.07) is 7.50. The predicted octanol–water partition coefficient (Wildman–Crippen LogP) is 6.18. The number of thiol groups is 1. The minimum atomic E-state index is -4.62. The number of carbonyl (C=O) groups is 1. The highest BCUT2D eigenvalue weighted by Gasteiger charge is 2.46. The van der Waals surface area contributed by atoms with Gasteiger partial charge in [-0.25, -0.2) is 0 Å². The molecule has 0 amide bonds. The fourth-order valence-corrected chi connectivity index (χ4v) is 5.13. The molecule has 1 unspecified atom stereocenters. The number of alkyl halides is 3. The Hall–Kier alpha value is -3.50. The Labute approximate surface area is 231 Å². The van der Waals surface area contributed by atoms with Gasteiger partial charge in [0.15, 0.2) is 5.78 Å². The molecule has 2 aromatic rings. The highest BCUT2D eigenvalue weighted by molar-refractivity contribution is 7.78. The summed E-state index contributed by atoms with van der Waals surface area (Å²) >= 11 is 4.13. The molecule has 0 saturated carbocycles. The van der Waals surface area contributed by atoms with Crippen molar-refractivity contribution in [3.05, 3.63) is 106 Å². The van der Waals surface area contributed by atoms with Gasteiger partial charge in [-0.2, -0.15) is 13.2 Å². The predicted molar refractivity (Wildman–Crippen MR) is 148 cm³/mol. The van der Waals surface area contributed by atoms with Crippen molar-refractivity contribution >= 4 is 24.8 Å². The first-order valence-electron chi connectivity index (χ1n) is 12.6. The molecule has 0 saturated heterocycles. The zero-order chi connectivity index (χ0) is 28.0. The molecule has 2 aliphatic carbocycles. The Bertz CT molecular complexity index is 1360. The lowest BCUT2D eigenvalue weighted by molar-refractivity contribution is -0.141. The second-order valence-electron chi connectivity index (χ2n) is 9.77. The van der Waals surface area contributed by atoms with Gasteiger partial charge in [0.05, 0.1) is 5.41 Å². The molecule has 2 aromatic heterocycles. The van der Waals surface area contributed by atoms with E-state index >= 15 is 0 Å². The summed E-state index contributed by atoms with van der Waals surface area (Å²) in [4.78, 5) is 22.0. The number of nitrogens with one attached hydrogen (secondary N) is 3. The molecule has 0 fully saturated rings. The number of halogens is 3. The zero-order valence-electron chi connectivity index (χ0n) is 21.5. The van der Waals surface area contributed by atoms with Crippen molar-refractivity contribution < 1.29 is 18.0 Å². The van der Waals surface area contributed by atoms with Crippen LogP contribution in [0.5, 0.6) is 0 Å². The third kappa shape index (κ3) is 6.57. The van der Waals surface area contributed by atoms with E-state index < -0.39 is 17.3 Å². The van der Waals surface area contributed by atoms with Crippen LogP contribution in [0.15, 0.2) is 89.1 Å². The Morgan fingerprint density at radius 1 is 1.18 bits per heavy atom. The summed E-state index contributed by atoms with van der Waals surface area (Å²) in [5.41, 5.74) is 2.53. The van der Waals surface area contributed by atoms with Gasteiger partial charge in [-0.05, 0) is 86.6 Å². The van der Waals surface area contributed by atoms with Gasteiger partial charge in [0, 0.05) is 36.5 Å². The summed E-state index contributed by atoms with van der Waals surface area (Å²) in [6.07, 6.45) is 7.40. The van der Waals surface area contributed by atoms with Crippen molar-refractivity contribution in [3.63, 3.8) is 0 Å². The van der Waals surface area contributed by atoms with E-state index in [1.54, 1.807) is 18.2 Å². The molecule has 6 nitrogen and oxygen atoms in total. The summed E-state index contributed by atoms with van der Waals surface area (Å²) in [5.74, 6) is -0.312. The number of Topliss-reactive ketones (excluding diaryl/α,β-unsaturated/α-hetero) is 1. The first-order valence-corrected chi connectivity index (χ1v) is 13.0. The van der Waals surface area contributed by atoms with E-state index in [0.717, 1.165) is 36.4 Å². The van der Waals surface area contributed by atoms with Crippen molar-refractivity contribution in [2.75, 3.05) is 6.54 Å². The number of pyridine rings is 2. The van der Waals surface area contributed by atoms with Crippen LogP contribution >= 0.6 is 12.8 Å². The van der Waals surface area contributed by atoms with E-state index in [-0.39, 0.29) is 24.3 Å². The third-order valence-corrected chi connectivity index (χ3v) is 7.28. The Morgan fingerprint density at radius 3 is 2.64 bits per heavy atom. The average molecular weight is 554 g/mol. The summed E-state index contributed by atoms with van der Waals surface area (Å²) < 4.78 is 43.3. The SMILES string of the molecule is CC1=CC=C(NC2=C(C=N)CC(Cc3ccnc(C(F)(F)F)c3)(C(=O)c3ccccn3)C(CCNS)=C2)CC1. The lowest BCUT2D eigenvalue weighted by Gasteiger charge is -2.39. The van der Waals surface area contributed by atoms with Crippen LogP contribution in [0.25, 0.3) is 0 Å². The third-order valence-electron chi connectivity index (χ3n) is 7.06. The van der Waals surface area contributed by atoms with Crippen molar-refractivity contribution in [3.8, 4) is 0 Å². The van der Waals surface area contributed by atoms with E-state index in [1.165, 1.54) is 24.1 Å². The fourth-order valence-electron chi connectivity index (χ4n) is 5.02. The lowest BCUT2D eigenvalue weighted by Crippen LogP contribution is -2.40. The maximum Gasteiger partial charge on any atom is 0.433 e. The van der Waals surface area contributed by atoms with Gasteiger partial charge in [0.2, 0.25) is 0 Å². The van der Waals surface area contributed by atoms with Gasteiger partial charge < -0.3 is 10.7 Å². The molecule has 1 atom stereocenters. The van der Waals surface area contributed by atoms with Crippen LogP contribution in [-0.2, 0) is 12.6 Å². The van der Waals surface area contributed by atoms with Crippen LogP contribution in [0, 0.1) is 10.8 Å². The van der Waals surface area contributed by atoms with Crippen LogP contribution < -0.4 is 10.0 Å². The van der Waals surface area contributed by atoms with Gasteiger partial charge in [0.25, 0.3) is 0 Å². The maximum atomic E-state index is 14.3.